The first-order valence-corrected chi connectivity index (χ1v) is 10.5. The molecule has 0 atom stereocenters. The largest absolute Gasteiger partial charge is 0.439 e. The fourth-order valence-electron chi connectivity index (χ4n) is 4.12. The summed E-state index contributed by atoms with van der Waals surface area (Å²) in [7, 11) is 0. The van der Waals surface area contributed by atoms with E-state index in [-0.39, 0.29) is 0 Å². The fraction of sp³-hybridized carbons (Fsp3) is 0.545. The van der Waals surface area contributed by atoms with E-state index >= 15 is 0 Å². The van der Waals surface area contributed by atoms with Crippen LogP contribution in [0.4, 0.5) is 0 Å². The maximum Gasteiger partial charge on any atom is 0.222 e. The smallest absolute Gasteiger partial charge is 0.222 e. The Morgan fingerprint density at radius 1 is 1.11 bits per heavy atom. The maximum absolute atomic E-state index is 12.5. The van der Waals surface area contributed by atoms with E-state index in [1.54, 1.807) is 6.20 Å². The molecule has 3 heterocycles. The van der Waals surface area contributed by atoms with Gasteiger partial charge in [-0.25, -0.2) is 4.98 Å². The molecule has 1 aromatic heterocycles. The predicted octanol–water partition coefficient (Wildman–Crippen LogP) is 2.77. The fourth-order valence-corrected chi connectivity index (χ4v) is 4.12. The summed E-state index contributed by atoms with van der Waals surface area (Å²) >= 11 is 0. The first-order chi connectivity index (χ1) is 13.8. The summed E-state index contributed by atoms with van der Waals surface area (Å²) in [6.45, 7) is 6.26. The lowest BCUT2D eigenvalue weighted by Gasteiger charge is -2.34. The Kier molecular flexibility index (Phi) is 6.39. The van der Waals surface area contributed by atoms with Crippen molar-refractivity contribution in [2.45, 2.75) is 32.2 Å². The lowest BCUT2D eigenvalue weighted by Crippen LogP contribution is -2.48. The van der Waals surface area contributed by atoms with E-state index in [4.69, 9.17) is 4.42 Å². The second kappa shape index (κ2) is 9.34. The van der Waals surface area contributed by atoms with Crippen LogP contribution >= 0.6 is 0 Å². The number of hydrogen-bond donors (Lipinski definition) is 1. The second-order valence-corrected chi connectivity index (χ2v) is 7.87. The molecule has 1 aromatic carbocycles. The van der Waals surface area contributed by atoms with E-state index in [0.29, 0.717) is 18.9 Å². The van der Waals surface area contributed by atoms with E-state index < -0.39 is 0 Å². The molecular formula is C22H30N4O2. The first-order valence-electron chi connectivity index (χ1n) is 10.5. The van der Waals surface area contributed by atoms with Gasteiger partial charge in [0, 0.05) is 38.2 Å². The van der Waals surface area contributed by atoms with Gasteiger partial charge in [0.15, 0.2) is 5.76 Å². The normalized spacial score (nSPS) is 19.1. The molecule has 150 valence electrons. The van der Waals surface area contributed by atoms with Crippen molar-refractivity contribution >= 4 is 5.91 Å². The van der Waals surface area contributed by atoms with Gasteiger partial charge in [-0.05, 0) is 38.3 Å². The zero-order valence-electron chi connectivity index (χ0n) is 16.5. The van der Waals surface area contributed by atoms with Gasteiger partial charge in [0.05, 0.1) is 12.7 Å². The van der Waals surface area contributed by atoms with Gasteiger partial charge >= 0.3 is 0 Å². The number of carbonyl (C=O) groups excluding carboxylic acids is 1. The highest BCUT2D eigenvalue weighted by atomic mass is 16.4. The van der Waals surface area contributed by atoms with Crippen molar-refractivity contribution in [2.24, 2.45) is 5.92 Å². The average Bonchev–Trinajstić information content (AvgIpc) is 3.22. The minimum absolute atomic E-state index is 0.320. The molecular weight excluding hydrogens is 352 g/mol. The highest BCUT2D eigenvalue weighted by Gasteiger charge is 2.23. The number of nitrogens with zero attached hydrogens (tertiary/aromatic N) is 3. The number of aromatic nitrogens is 1. The van der Waals surface area contributed by atoms with Crippen LogP contribution in [-0.2, 0) is 11.3 Å². The van der Waals surface area contributed by atoms with Crippen LogP contribution in [0.2, 0.25) is 0 Å². The number of nitrogens with one attached hydrogen (secondary N) is 1. The van der Waals surface area contributed by atoms with Crippen LogP contribution in [0.1, 0.15) is 31.6 Å². The monoisotopic (exact) mass is 382 g/mol. The van der Waals surface area contributed by atoms with Crippen molar-refractivity contribution in [3.8, 4) is 11.3 Å². The lowest BCUT2D eigenvalue weighted by molar-refractivity contribution is -0.133. The number of carbonyl (C=O) groups is 1. The SMILES string of the molecule is O=C(CCC1CCNCC1)N1CCN(Cc2ncc(-c3ccccc3)o2)CC1. The van der Waals surface area contributed by atoms with Gasteiger partial charge in [0.25, 0.3) is 0 Å². The topological polar surface area (TPSA) is 61.6 Å². The molecule has 1 amide bonds. The van der Waals surface area contributed by atoms with Crippen molar-refractivity contribution < 1.29 is 9.21 Å². The Balaban J connectivity index is 1.21. The van der Waals surface area contributed by atoms with Crippen LogP contribution in [0.15, 0.2) is 40.9 Å². The van der Waals surface area contributed by atoms with Crippen molar-refractivity contribution in [1.82, 2.24) is 20.1 Å². The maximum atomic E-state index is 12.5. The van der Waals surface area contributed by atoms with Crippen LogP contribution < -0.4 is 5.32 Å². The van der Waals surface area contributed by atoms with Gasteiger partial charge in [0.1, 0.15) is 0 Å². The predicted molar refractivity (Wildman–Crippen MR) is 109 cm³/mol. The number of hydrogen-bond acceptors (Lipinski definition) is 5. The Morgan fingerprint density at radius 3 is 2.61 bits per heavy atom. The van der Waals surface area contributed by atoms with Crippen molar-refractivity contribution in [3.05, 3.63) is 42.4 Å². The average molecular weight is 383 g/mol. The van der Waals surface area contributed by atoms with Gasteiger partial charge < -0.3 is 14.6 Å². The van der Waals surface area contributed by atoms with Crippen LogP contribution in [0.3, 0.4) is 0 Å². The summed E-state index contributed by atoms with van der Waals surface area (Å²) in [4.78, 5) is 21.3. The Morgan fingerprint density at radius 2 is 1.86 bits per heavy atom. The van der Waals surface area contributed by atoms with Gasteiger partial charge in [-0.3, -0.25) is 9.69 Å². The second-order valence-electron chi connectivity index (χ2n) is 7.87. The van der Waals surface area contributed by atoms with Crippen molar-refractivity contribution in [3.63, 3.8) is 0 Å². The van der Waals surface area contributed by atoms with Gasteiger partial charge in [0.2, 0.25) is 11.8 Å². The summed E-state index contributed by atoms with van der Waals surface area (Å²) < 4.78 is 5.91. The molecule has 4 rings (SSSR count). The molecule has 0 bridgehead atoms. The molecule has 0 unspecified atom stereocenters. The van der Waals surface area contributed by atoms with E-state index in [1.807, 2.05) is 35.2 Å². The Labute approximate surface area is 166 Å². The summed E-state index contributed by atoms with van der Waals surface area (Å²) in [5.41, 5.74) is 1.05. The quantitative estimate of drug-likeness (QED) is 0.832. The molecule has 0 saturated carbocycles. The van der Waals surface area contributed by atoms with Gasteiger partial charge in [-0.2, -0.15) is 0 Å². The van der Waals surface area contributed by atoms with E-state index in [9.17, 15) is 4.79 Å². The minimum atomic E-state index is 0.320. The number of benzene rings is 1. The standard InChI is InChI=1S/C22H30N4O2/c27-22(7-6-18-8-10-23-11-9-18)26-14-12-25(13-15-26)17-21-24-16-20(28-21)19-4-2-1-3-5-19/h1-5,16,18,23H,6-15,17H2. The van der Waals surface area contributed by atoms with Crippen molar-refractivity contribution in [2.75, 3.05) is 39.3 Å². The zero-order valence-corrected chi connectivity index (χ0v) is 16.5. The van der Waals surface area contributed by atoms with Crippen LogP contribution in [-0.4, -0.2) is 60.0 Å². The molecule has 6 nitrogen and oxygen atoms in total. The molecule has 2 fully saturated rings. The molecule has 2 aliphatic heterocycles. The summed E-state index contributed by atoms with van der Waals surface area (Å²) in [6, 6.07) is 10.0. The van der Waals surface area contributed by atoms with Gasteiger partial charge in [-0.1, -0.05) is 30.3 Å². The van der Waals surface area contributed by atoms with Crippen LogP contribution in [0, 0.1) is 5.92 Å². The number of oxazole rings is 1. The third-order valence-corrected chi connectivity index (χ3v) is 5.92. The molecule has 2 aromatic rings. The third kappa shape index (κ3) is 5.00. The highest BCUT2D eigenvalue weighted by Crippen LogP contribution is 2.21. The molecule has 6 heteroatoms. The third-order valence-electron chi connectivity index (χ3n) is 5.92. The van der Waals surface area contributed by atoms with Crippen molar-refractivity contribution in [1.29, 1.82) is 0 Å². The molecule has 0 spiro atoms. The molecule has 2 aliphatic rings. The summed E-state index contributed by atoms with van der Waals surface area (Å²) in [6.07, 6.45) is 5.96. The number of piperidine rings is 1. The lowest BCUT2D eigenvalue weighted by atomic mass is 9.93. The summed E-state index contributed by atoms with van der Waals surface area (Å²) in [5, 5.41) is 3.39. The number of piperazine rings is 1. The minimum Gasteiger partial charge on any atom is -0.439 e. The van der Waals surface area contributed by atoms with E-state index in [0.717, 1.165) is 68.8 Å². The highest BCUT2D eigenvalue weighted by molar-refractivity contribution is 5.76. The Bertz CT molecular complexity index is 747. The molecule has 0 radical (unpaired) electrons. The number of amides is 1. The zero-order chi connectivity index (χ0) is 19.2. The molecule has 0 aliphatic carbocycles. The van der Waals surface area contributed by atoms with Crippen LogP contribution in [0.5, 0.6) is 0 Å². The van der Waals surface area contributed by atoms with Gasteiger partial charge in [-0.15, -0.1) is 0 Å². The molecule has 1 N–H and O–H groups in total. The number of rotatable bonds is 6. The van der Waals surface area contributed by atoms with E-state index in [1.165, 1.54) is 12.8 Å². The first kappa shape index (κ1) is 19.2. The van der Waals surface area contributed by atoms with E-state index in [2.05, 4.69) is 15.2 Å². The molecule has 2 saturated heterocycles. The van der Waals surface area contributed by atoms with Crippen LogP contribution in [0.25, 0.3) is 11.3 Å². The Hall–Kier alpha value is -2.18. The molecule has 28 heavy (non-hydrogen) atoms. The summed E-state index contributed by atoms with van der Waals surface area (Å²) in [5.74, 6) is 2.59.